The van der Waals surface area contributed by atoms with Crippen molar-refractivity contribution in [1.82, 2.24) is 5.32 Å². The van der Waals surface area contributed by atoms with Crippen molar-refractivity contribution < 1.29 is 9.59 Å². The number of fused-ring (bicyclic) bond motifs is 1. The molecule has 1 N–H and O–H groups in total. The fourth-order valence-corrected chi connectivity index (χ4v) is 5.00. The normalized spacial score (nSPS) is 19.4. The molecule has 3 aromatic carbocycles. The number of hydrogen-bond acceptors (Lipinski definition) is 2. The van der Waals surface area contributed by atoms with E-state index in [1.54, 1.807) is 0 Å². The Hall–Kier alpha value is -3.20. The molecule has 0 saturated carbocycles. The lowest BCUT2D eigenvalue weighted by Gasteiger charge is -2.21. The molecule has 3 aromatic rings. The largest absolute Gasteiger partial charge is 0.342 e. The zero-order valence-corrected chi connectivity index (χ0v) is 16.7. The van der Waals surface area contributed by atoms with Gasteiger partial charge in [-0.25, -0.2) is 0 Å². The highest BCUT2D eigenvalue weighted by Crippen LogP contribution is 2.41. The number of hydrogen-bond donors (Lipinski definition) is 1. The van der Waals surface area contributed by atoms with Crippen LogP contribution in [0.2, 0.25) is 0 Å². The van der Waals surface area contributed by atoms with Crippen molar-refractivity contribution >= 4 is 11.7 Å². The van der Waals surface area contributed by atoms with Gasteiger partial charge in [-0.05, 0) is 52.8 Å². The molecule has 1 heterocycles. The van der Waals surface area contributed by atoms with Gasteiger partial charge in [-0.15, -0.1) is 0 Å². The molecule has 1 saturated heterocycles. The van der Waals surface area contributed by atoms with Crippen molar-refractivity contribution in [3.63, 3.8) is 0 Å². The van der Waals surface area contributed by atoms with Crippen molar-refractivity contribution in [2.24, 2.45) is 0 Å². The van der Waals surface area contributed by atoms with Crippen LogP contribution in [-0.4, -0.2) is 17.2 Å². The number of carbonyl (C=O) groups is 2. The molecule has 1 amide bonds. The van der Waals surface area contributed by atoms with Gasteiger partial charge in [-0.1, -0.05) is 66.7 Å². The third kappa shape index (κ3) is 2.72. The molecule has 2 aliphatic rings. The Labute approximate surface area is 170 Å². The van der Waals surface area contributed by atoms with Crippen LogP contribution < -0.4 is 5.32 Å². The summed E-state index contributed by atoms with van der Waals surface area (Å²) in [6, 6.07) is 22.4. The fraction of sp³-hybridized carbons (Fsp3) is 0.231. The molecule has 144 valence electrons. The summed E-state index contributed by atoms with van der Waals surface area (Å²) in [6.07, 6.45) is 1.18. The first-order valence-corrected chi connectivity index (χ1v) is 10.1. The number of carbonyl (C=O) groups excluding carboxylic acids is 2. The van der Waals surface area contributed by atoms with Crippen molar-refractivity contribution in [3.8, 4) is 11.1 Å². The van der Waals surface area contributed by atoms with E-state index in [2.05, 4.69) is 35.6 Å². The number of ketones is 1. The van der Waals surface area contributed by atoms with Gasteiger partial charge in [0, 0.05) is 12.8 Å². The van der Waals surface area contributed by atoms with Crippen molar-refractivity contribution in [2.75, 3.05) is 0 Å². The third-order valence-electron chi connectivity index (χ3n) is 6.47. The minimum Gasteiger partial charge on any atom is -0.342 e. The second kappa shape index (κ2) is 6.41. The second-order valence-electron chi connectivity index (χ2n) is 8.38. The predicted octanol–water partition coefficient (Wildman–Crippen LogP) is 4.29. The quantitative estimate of drug-likeness (QED) is 0.673. The van der Waals surface area contributed by atoms with Gasteiger partial charge < -0.3 is 5.32 Å². The van der Waals surface area contributed by atoms with Gasteiger partial charge in [0.05, 0.1) is 0 Å². The predicted molar refractivity (Wildman–Crippen MR) is 114 cm³/mol. The standard InChI is InChI=1S/C26H23NO2/c1-16-13-22(17(2)12-21(16)18-8-4-3-5-9-18)23-24(28)26(27-25(23)29)14-19-10-6-7-11-20(19)15-26/h3-13,23H,14-15H2,1-2H3,(H,27,29). The number of benzene rings is 3. The van der Waals surface area contributed by atoms with Gasteiger partial charge >= 0.3 is 0 Å². The number of amides is 1. The van der Waals surface area contributed by atoms with Gasteiger partial charge in [0.15, 0.2) is 5.78 Å². The molecule has 0 aromatic heterocycles. The minimum atomic E-state index is -0.788. The Balaban J connectivity index is 1.53. The van der Waals surface area contributed by atoms with E-state index < -0.39 is 11.5 Å². The van der Waals surface area contributed by atoms with Crippen LogP contribution >= 0.6 is 0 Å². The SMILES string of the molecule is Cc1cc(C2C(=O)NC3(Cc4ccccc4C3)C2=O)c(C)cc1-c1ccccc1. The molecular formula is C26H23NO2. The van der Waals surface area contributed by atoms with Gasteiger partial charge in [-0.2, -0.15) is 0 Å². The zero-order valence-electron chi connectivity index (χ0n) is 16.7. The Kier molecular flexibility index (Phi) is 3.95. The first-order valence-electron chi connectivity index (χ1n) is 10.1. The molecule has 5 rings (SSSR count). The van der Waals surface area contributed by atoms with Gasteiger partial charge in [0.25, 0.3) is 0 Å². The van der Waals surface area contributed by atoms with E-state index in [0.717, 1.165) is 38.9 Å². The molecule has 1 aliphatic heterocycles. The van der Waals surface area contributed by atoms with E-state index in [-0.39, 0.29) is 11.7 Å². The second-order valence-corrected chi connectivity index (χ2v) is 8.38. The van der Waals surface area contributed by atoms with E-state index in [4.69, 9.17) is 0 Å². The maximum Gasteiger partial charge on any atom is 0.235 e. The lowest BCUT2D eigenvalue weighted by atomic mass is 9.82. The zero-order chi connectivity index (χ0) is 20.2. The van der Waals surface area contributed by atoms with Crippen LogP contribution in [0, 0.1) is 13.8 Å². The van der Waals surface area contributed by atoms with E-state index in [0.29, 0.717) is 12.8 Å². The summed E-state index contributed by atoms with van der Waals surface area (Å²) in [6.45, 7) is 4.04. The fourth-order valence-electron chi connectivity index (χ4n) is 5.00. The summed E-state index contributed by atoms with van der Waals surface area (Å²) in [7, 11) is 0. The Morgan fingerprint density at radius 1 is 0.828 bits per heavy atom. The molecule has 1 aliphatic carbocycles. The molecule has 29 heavy (non-hydrogen) atoms. The molecule has 1 fully saturated rings. The summed E-state index contributed by atoms with van der Waals surface area (Å²) in [4.78, 5) is 26.5. The van der Waals surface area contributed by atoms with Crippen LogP contribution in [0.25, 0.3) is 11.1 Å². The molecule has 1 atom stereocenters. The topological polar surface area (TPSA) is 46.2 Å². The molecule has 0 bridgehead atoms. The molecular weight excluding hydrogens is 358 g/mol. The number of aryl methyl sites for hydroxylation is 2. The maximum atomic E-state index is 13.5. The lowest BCUT2D eigenvalue weighted by molar-refractivity contribution is -0.125. The van der Waals surface area contributed by atoms with Crippen molar-refractivity contribution in [2.45, 2.75) is 38.1 Å². The molecule has 0 radical (unpaired) electrons. The molecule has 3 nitrogen and oxygen atoms in total. The van der Waals surface area contributed by atoms with E-state index in [1.807, 2.05) is 50.2 Å². The van der Waals surface area contributed by atoms with Crippen molar-refractivity contribution in [1.29, 1.82) is 0 Å². The summed E-state index contributed by atoms with van der Waals surface area (Å²) in [5.41, 5.74) is 6.71. The minimum absolute atomic E-state index is 0.00802. The first-order chi connectivity index (χ1) is 14.0. The average molecular weight is 381 g/mol. The monoisotopic (exact) mass is 381 g/mol. The average Bonchev–Trinajstić information content (AvgIpc) is 3.20. The van der Waals surface area contributed by atoms with E-state index in [9.17, 15) is 9.59 Å². The van der Waals surface area contributed by atoms with Crippen LogP contribution in [-0.2, 0) is 22.4 Å². The summed E-state index contributed by atoms with van der Waals surface area (Å²) >= 11 is 0. The van der Waals surface area contributed by atoms with E-state index in [1.165, 1.54) is 0 Å². The summed E-state index contributed by atoms with van der Waals surface area (Å²) in [5.74, 6) is -0.890. The van der Waals surface area contributed by atoms with E-state index >= 15 is 0 Å². The van der Waals surface area contributed by atoms with Crippen LogP contribution in [0.5, 0.6) is 0 Å². The highest BCUT2D eigenvalue weighted by Gasteiger charge is 2.55. The summed E-state index contributed by atoms with van der Waals surface area (Å²) in [5, 5.41) is 3.08. The number of nitrogens with one attached hydrogen (secondary N) is 1. The van der Waals surface area contributed by atoms with Crippen LogP contribution in [0.15, 0.2) is 66.7 Å². The molecule has 1 spiro atoms. The smallest absolute Gasteiger partial charge is 0.235 e. The van der Waals surface area contributed by atoms with Crippen LogP contribution in [0.1, 0.15) is 33.7 Å². The number of rotatable bonds is 2. The van der Waals surface area contributed by atoms with Crippen molar-refractivity contribution in [3.05, 3.63) is 94.5 Å². The Bertz CT molecular complexity index is 1120. The Morgan fingerprint density at radius 3 is 2.10 bits per heavy atom. The highest BCUT2D eigenvalue weighted by molar-refractivity contribution is 6.18. The van der Waals surface area contributed by atoms with Crippen LogP contribution in [0.4, 0.5) is 0 Å². The first kappa shape index (κ1) is 17.9. The van der Waals surface area contributed by atoms with Gasteiger partial charge in [-0.3, -0.25) is 9.59 Å². The molecule has 3 heteroatoms. The van der Waals surface area contributed by atoms with Crippen LogP contribution in [0.3, 0.4) is 0 Å². The highest BCUT2D eigenvalue weighted by atomic mass is 16.2. The lowest BCUT2D eigenvalue weighted by Crippen LogP contribution is -2.47. The maximum absolute atomic E-state index is 13.5. The van der Waals surface area contributed by atoms with Gasteiger partial charge in [0.1, 0.15) is 11.5 Å². The summed E-state index contributed by atoms with van der Waals surface area (Å²) < 4.78 is 0. The van der Waals surface area contributed by atoms with Gasteiger partial charge in [0.2, 0.25) is 5.91 Å². The molecule has 1 unspecified atom stereocenters. The Morgan fingerprint density at radius 2 is 1.45 bits per heavy atom. The third-order valence-corrected chi connectivity index (χ3v) is 6.47. The number of Topliss-reactive ketones (excluding diaryl/α,β-unsaturated/α-hetero) is 1.